The van der Waals surface area contributed by atoms with E-state index in [2.05, 4.69) is 37.3 Å². The molecule has 0 saturated carbocycles. The topological polar surface area (TPSA) is 67.6 Å². The Morgan fingerprint density at radius 2 is 2.04 bits per heavy atom. The van der Waals surface area contributed by atoms with E-state index < -0.39 is 0 Å². The van der Waals surface area contributed by atoms with Gasteiger partial charge in [0.2, 0.25) is 5.91 Å². The third-order valence-electron chi connectivity index (χ3n) is 5.02. The minimum absolute atomic E-state index is 0.0263. The van der Waals surface area contributed by atoms with E-state index in [1.807, 2.05) is 4.90 Å². The molecule has 134 valence electrons. The van der Waals surface area contributed by atoms with Crippen LogP contribution in [-0.4, -0.2) is 53.8 Å². The minimum Gasteiger partial charge on any atom is -0.377 e. The molecule has 1 aromatic heterocycles. The molecule has 0 atom stereocenters. The Kier molecular flexibility index (Phi) is 4.71. The molecule has 0 bridgehead atoms. The van der Waals surface area contributed by atoms with E-state index in [1.165, 1.54) is 0 Å². The van der Waals surface area contributed by atoms with Gasteiger partial charge in [0.25, 0.3) is 0 Å². The zero-order chi connectivity index (χ0) is 17.4. The van der Waals surface area contributed by atoms with Gasteiger partial charge in [0.15, 0.2) is 0 Å². The molecule has 2 saturated heterocycles. The van der Waals surface area contributed by atoms with E-state index in [4.69, 9.17) is 9.26 Å². The minimum atomic E-state index is -0.0465. The Labute approximate surface area is 143 Å². The number of likely N-dealkylation sites (tertiary alicyclic amines) is 1. The summed E-state index contributed by atoms with van der Waals surface area (Å²) in [5.74, 6) is 1.09. The number of rotatable bonds is 4. The second kappa shape index (κ2) is 6.48. The van der Waals surface area contributed by atoms with Gasteiger partial charge < -0.3 is 19.5 Å². The SMILES string of the molecule is CC(=O)N1CCC(NC2(Cc3cc(C(C)(C)C)on3)COC2)CC1. The van der Waals surface area contributed by atoms with Crippen LogP contribution in [0.3, 0.4) is 0 Å². The molecular formula is C18H29N3O3. The van der Waals surface area contributed by atoms with Crippen LogP contribution in [0.5, 0.6) is 0 Å². The Hall–Kier alpha value is -1.40. The van der Waals surface area contributed by atoms with E-state index in [-0.39, 0.29) is 16.9 Å². The van der Waals surface area contributed by atoms with Gasteiger partial charge in [-0.1, -0.05) is 25.9 Å². The number of aromatic nitrogens is 1. The van der Waals surface area contributed by atoms with E-state index in [9.17, 15) is 4.79 Å². The maximum Gasteiger partial charge on any atom is 0.219 e. The molecule has 3 rings (SSSR count). The lowest BCUT2D eigenvalue weighted by atomic mass is 9.87. The van der Waals surface area contributed by atoms with Crippen molar-refractivity contribution in [2.45, 2.75) is 64.0 Å². The Morgan fingerprint density at radius 1 is 1.38 bits per heavy atom. The molecule has 0 spiro atoms. The second-order valence-electron chi connectivity index (χ2n) is 8.31. The summed E-state index contributed by atoms with van der Waals surface area (Å²) in [6.07, 6.45) is 2.81. The van der Waals surface area contributed by atoms with Gasteiger partial charge in [0.1, 0.15) is 5.76 Å². The monoisotopic (exact) mass is 335 g/mol. The van der Waals surface area contributed by atoms with Crippen LogP contribution in [0.25, 0.3) is 0 Å². The third-order valence-corrected chi connectivity index (χ3v) is 5.02. The van der Waals surface area contributed by atoms with E-state index >= 15 is 0 Å². The average molecular weight is 335 g/mol. The van der Waals surface area contributed by atoms with Gasteiger partial charge in [-0.05, 0) is 12.8 Å². The van der Waals surface area contributed by atoms with Crippen LogP contribution in [0, 0.1) is 0 Å². The molecule has 0 radical (unpaired) electrons. The predicted molar refractivity (Wildman–Crippen MR) is 90.9 cm³/mol. The standard InChI is InChI=1S/C18H29N3O3/c1-13(22)21-7-5-14(6-8-21)19-18(11-23-12-18)10-15-9-16(24-20-15)17(2,3)4/h9,14,19H,5-8,10-12H2,1-4H3. The van der Waals surface area contributed by atoms with Crippen molar-refractivity contribution in [3.63, 3.8) is 0 Å². The Bertz CT molecular complexity index is 579. The summed E-state index contributed by atoms with van der Waals surface area (Å²) in [4.78, 5) is 13.4. The van der Waals surface area contributed by atoms with Crippen molar-refractivity contribution < 1.29 is 14.1 Å². The van der Waals surface area contributed by atoms with E-state index in [0.717, 1.165) is 43.8 Å². The third kappa shape index (κ3) is 3.81. The number of hydrogen-bond acceptors (Lipinski definition) is 5. The summed E-state index contributed by atoms with van der Waals surface area (Å²) in [5, 5.41) is 8.03. The largest absolute Gasteiger partial charge is 0.377 e. The molecule has 2 aliphatic heterocycles. The predicted octanol–water partition coefficient (Wildman–Crippen LogP) is 1.88. The number of carbonyl (C=O) groups is 1. The molecule has 1 amide bonds. The van der Waals surface area contributed by atoms with Crippen LogP contribution in [-0.2, 0) is 21.4 Å². The number of ether oxygens (including phenoxy) is 1. The lowest BCUT2D eigenvalue weighted by Gasteiger charge is -2.46. The molecule has 6 nitrogen and oxygen atoms in total. The van der Waals surface area contributed by atoms with Gasteiger partial charge in [-0.25, -0.2) is 0 Å². The van der Waals surface area contributed by atoms with Gasteiger partial charge in [0, 0.05) is 44.0 Å². The summed E-state index contributed by atoms with van der Waals surface area (Å²) in [7, 11) is 0. The van der Waals surface area contributed by atoms with Gasteiger partial charge in [-0.3, -0.25) is 4.79 Å². The number of piperidine rings is 1. The van der Waals surface area contributed by atoms with Gasteiger partial charge >= 0.3 is 0 Å². The molecule has 24 heavy (non-hydrogen) atoms. The summed E-state index contributed by atoms with van der Waals surface area (Å²) >= 11 is 0. The maximum absolute atomic E-state index is 11.4. The van der Waals surface area contributed by atoms with E-state index in [0.29, 0.717) is 19.3 Å². The molecule has 1 aromatic rings. The van der Waals surface area contributed by atoms with Crippen molar-refractivity contribution in [2.75, 3.05) is 26.3 Å². The number of carbonyl (C=O) groups excluding carboxylic acids is 1. The smallest absolute Gasteiger partial charge is 0.219 e. The first-order valence-corrected chi connectivity index (χ1v) is 8.84. The molecule has 1 N–H and O–H groups in total. The maximum atomic E-state index is 11.4. The lowest BCUT2D eigenvalue weighted by molar-refractivity contribution is -0.130. The highest BCUT2D eigenvalue weighted by atomic mass is 16.5. The van der Waals surface area contributed by atoms with Crippen molar-refractivity contribution in [1.82, 2.24) is 15.4 Å². The lowest BCUT2D eigenvalue weighted by Crippen LogP contribution is -2.65. The number of amides is 1. The van der Waals surface area contributed by atoms with Gasteiger partial charge in [0.05, 0.1) is 24.4 Å². The highest BCUT2D eigenvalue weighted by Crippen LogP contribution is 2.28. The quantitative estimate of drug-likeness (QED) is 0.910. The van der Waals surface area contributed by atoms with Gasteiger partial charge in [-0.2, -0.15) is 0 Å². The van der Waals surface area contributed by atoms with Crippen LogP contribution in [0.1, 0.15) is 52.0 Å². The fourth-order valence-electron chi connectivity index (χ4n) is 3.45. The highest BCUT2D eigenvalue weighted by Gasteiger charge is 2.41. The van der Waals surface area contributed by atoms with Crippen LogP contribution in [0.15, 0.2) is 10.6 Å². The molecule has 0 unspecified atom stereocenters. The van der Waals surface area contributed by atoms with Crippen molar-refractivity contribution >= 4 is 5.91 Å². The molecule has 3 heterocycles. The molecule has 0 aliphatic carbocycles. The first kappa shape index (κ1) is 17.4. The normalized spacial score (nSPS) is 21.6. The summed E-state index contributed by atoms with van der Waals surface area (Å²) in [5.41, 5.74) is 0.910. The van der Waals surface area contributed by atoms with Crippen LogP contribution >= 0.6 is 0 Å². The molecule has 2 fully saturated rings. The van der Waals surface area contributed by atoms with Crippen LogP contribution in [0.2, 0.25) is 0 Å². The fraction of sp³-hybridized carbons (Fsp3) is 0.778. The van der Waals surface area contributed by atoms with Crippen molar-refractivity contribution in [1.29, 1.82) is 0 Å². The number of hydrogen-bond donors (Lipinski definition) is 1. The van der Waals surface area contributed by atoms with Crippen LogP contribution < -0.4 is 5.32 Å². The molecule has 6 heteroatoms. The zero-order valence-corrected chi connectivity index (χ0v) is 15.2. The average Bonchev–Trinajstić information content (AvgIpc) is 2.94. The Morgan fingerprint density at radius 3 is 2.50 bits per heavy atom. The van der Waals surface area contributed by atoms with Crippen molar-refractivity contribution in [3.05, 3.63) is 17.5 Å². The first-order chi connectivity index (χ1) is 11.3. The van der Waals surface area contributed by atoms with Crippen molar-refractivity contribution in [2.24, 2.45) is 0 Å². The second-order valence-corrected chi connectivity index (χ2v) is 8.31. The first-order valence-electron chi connectivity index (χ1n) is 8.84. The summed E-state index contributed by atoms with van der Waals surface area (Å²) < 4.78 is 11.0. The number of nitrogens with zero attached hydrogens (tertiary/aromatic N) is 2. The molecule has 2 aliphatic rings. The molecule has 0 aromatic carbocycles. The van der Waals surface area contributed by atoms with Crippen LogP contribution in [0.4, 0.5) is 0 Å². The molecular weight excluding hydrogens is 306 g/mol. The fourth-order valence-corrected chi connectivity index (χ4v) is 3.45. The zero-order valence-electron chi connectivity index (χ0n) is 15.2. The summed E-state index contributed by atoms with van der Waals surface area (Å²) in [6.45, 7) is 11.1. The van der Waals surface area contributed by atoms with Crippen molar-refractivity contribution in [3.8, 4) is 0 Å². The Balaban J connectivity index is 1.59. The summed E-state index contributed by atoms with van der Waals surface area (Å²) in [6, 6.07) is 2.50. The van der Waals surface area contributed by atoms with Gasteiger partial charge in [-0.15, -0.1) is 0 Å². The number of nitrogens with one attached hydrogen (secondary N) is 1. The highest BCUT2D eigenvalue weighted by molar-refractivity contribution is 5.73. The van der Waals surface area contributed by atoms with E-state index in [1.54, 1.807) is 6.92 Å².